The molecule has 2 aromatic carbocycles. The normalized spacial score (nSPS) is 11.1. The molecule has 0 bridgehead atoms. The molecule has 9 heteroatoms. The van der Waals surface area contributed by atoms with Gasteiger partial charge in [-0.3, -0.25) is 4.79 Å². The van der Waals surface area contributed by atoms with Crippen LogP contribution in [0.2, 0.25) is 0 Å². The highest BCUT2D eigenvalue weighted by atomic mass is 16.5. The molecule has 0 unspecified atom stereocenters. The average Bonchev–Trinajstić information content (AvgIpc) is 3.06. The number of nitrogens with zero attached hydrogens (tertiary/aromatic N) is 3. The second kappa shape index (κ2) is 7.60. The molecule has 158 valence electrons. The van der Waals surface area contributed by atoms with Crippen LogP contribution in [0.4, 0.5) is 0 Å². The van der Waals surface area contributed by atoms with E-state index >= 15 is 0 Å². The third-order valence-electron chi connectivity index (χ3n) is 5.04. The number of H-pyrrole nitrogens is 1. The number of aromatic hydroxyl groups is 1. The second-order valence-corrected chi connectivity index (χ2v) is 7.11. The molecule has 0 fully saturated rings. The van der Waals surface area contributed by atoms with Crippen LogP contribution in [0.3, 0.4) is 0 Å². The van der Waals surface area contributed by atoms with E-state index in [0.29, 0.717) is 17.9 Å². The predicted molar refractivity (Wildman–Crippen MR) is 116 cm³/mol. The number of phenolic OH excluding ortho intramolecular Hbond substituents is 1. The van der Waals surface area contributed by atoms with E-state index in [2.05, 4.69) is 15.0 Å². The standard InChI is InChI=1S/C22H21N5O4/c1-4-31-16-10-13(6-8-15(16)28)20-24-17(19(23)29)18-21(26-20)27(22(30)25-18)14-7-5-11(2)12(3)9-14/h5-10,28H,4H2,1-3H3,(H2,23,29)(H,25,30). The number of hydrogen-bond acceptors (Lipinski definition) is 6. The number of phenols is 1. The van der Waals surface area contributed by atoms with E-state index in [-0.39, 0.29) is 34.2 Å². The molecule has 1 amide bonds. The maximum absolute atomic E-state index is 12.8. The average molecular weight is 419 g/mol. The quantitative estimate of drug-likeness (QED) is 0.455. The van der Waals surface area contributed by atoms with Crippen molar-refractivity contribution in [2.75, 3.05) is 6.61 Å². The van der Waals surface area contributed by atoms with Crippen LogP contribution >= 0.6 is 0 Å². The molecule has 2 aromatic heterocycles. The molecule has 4 N–H and O–H groups in total. The zero-order valence-corrected chi connectivity index (χ0v) is 17.3. The van der Waals surface area contributed by atoms with Crippen LogP contribution in [-0.4, -0.2) is 37.1 Å². The first kappa shape index (κ1) is 20.1. The number of carbonyl (C=O) groups excluding carboxylic acids is 1. The summed E-state index contributed by atoms with van der Waals surface area (Å²) in [5, 5.41) is 9.98. The maximum atomic E-state index is 12.8. The van der Waals surface area contributed by atoms with Crippen molar-refractivity contribution < 1.29 is 14.6 Å². The minimum absolute atomic E-state index is 0.0320. The molecule has 4 aromatic rings. The largest absolute Gasteiger partial charge is 0.504 e. The third kappa shape index (κ3) is 3.50. The highest BCUT2D eigenvalue weighted by Crippen LogP contribution is 2.31. The fourth-order valence-electron chi connectivity index (χ4n) is 3.32. The Morgan fingerprint density at radius 3 is 2.61 bits per heavy atom. The van der Waals surface area contributed by atoms with Crippen LogP contribution in [0.15, 0.2) is 41.2 Å². The summed E-state index contributed by atoms with van der Waals surface area (Å²) in [4.78, 5) is 36.4. The molecular formula is C22H21N5O4. The van der Waals surface area contributed by atoms with Crippen molar-refractivity contribution in [2.45, 2.75) is 20.8 Å². The van der Waals surface area contributed by atoms with E-state index in [1.165, 1.54) is 10.6 Å². The number of aromatic nitrogens is 4. The van der Waals surface area contributed by atoms with Crippen LogP contribution in [0.1, 0.15) is 28.5 Å². The van der Waals surface area contributed by atoms with E-state index in [1.807, 2.05) is 26.0 Å². The van der Waals surface area contributed by atoms with Crippen molar-refractivity contribution in [1.29, 1.82) is 0 Å². The predicted octanol–water partition coefficient (Wildman–Crippen LogP) is 2.60. The zero-order valence-electron chi connectivity index (χ0n) is 17.3. The van der Waals surface area contributed by atoms with Crippen LogP contribution in [0, 0.1) is 13.8 Å². The van der Waals surface area contributed by atoms with E-state index in [1.54, 1.807) is 25.1 Å². The van der Waals surface area contributed by atoms with Crippen molar-refractivity contribution >= 4 is 17.1 Å². The van der Waals surface area contributed by atoms with E-state index < -0.39 is 11.6 Å². The van der Waals surface area contributed by atoms with E-state index in [0.717, 1.165) is 11.1 Å². The fraction of sp³-hybridized carbons (Fsp3) is 0.182. The fourth-order valence-corrected chi connectivity index (χ4v) is 3.32. The second-order valence-electron chi connectivity index (χ2n) is 7.11. The monoisotopic (exact) mass is 419 g/mol. The molecular weight excluding hydrogens is 398 g/mol. The van der Waals surface area contributed by atoms with Gasteiger partial charge in [-0.1, -0.05) is 6.07 Å². The Morgan fingerprint density at radius 2 is 1.94 bits per heavy atom. The zero-order chi connectivity index (χ0) is 22.3. The molecule has 0 aliphatic heterocycles. The van der Waals surface area contributed by atoms with Gasteiger partial charge in [0.25, 0.3) is 5.91 Å². The SMILES string of the molecule is CCOc1cc(-c2nc(C(N)=O)c3[nH]c(=O)n(-c4ccc(C)c(C)c4)c3n2)ccc1O. The lowest BCUT2D eigenvalue weighted by atomic mass is 10.1. The summed E-state index contributed by atoms with van der Waals surface area (Å²) in [5.74, 6) is -0.412. The number of ether oxygens (including phenoxy) is 1. The third-order valence-corrected chi connectivity index (χ3v) is 5.04. The van der Waals surface area contributed by atoms with E-state index in [9.17, 15) is 14.7 Å². The summed E-state index contributed by atoms with van der Waals surface area (Å²) in [7, 11) is 0. The minimum Gasteiger partial charge on any atom is -0.504 e. The van der Waals surface area contributed by atoms with Gasteiger partial charge >= 0.3 is 5.69 Å². The van der Waals surface area contributed by atoms with Crippen LogP contribution in [-0.2, 0) is 0 Å². The van der Waals surface area contributed by atoms with Crippen molar-refractivity contribution in [2.24, 2.45) is 5.73 Å². The summed E-state index contributed by atoms with van der Waals surface area (Å²) in [6.45, 7) is 6.07. The van der Waals surface area contributed by atoms with E-state index in [4.69, 9.17) is 10.5 Å². The number of aryl methyl sites for hydroxylation is 2. The molecule has 0 saturated carbocycles. The smallest absolute Gasteiger partial charge is 0.332 e. The number of rotatable bonds is 5. The number of nitrogens with one attached hydrogen (secondary N) is 1. The highest BCUT2D eigenvalue weighted by Gasteiger charge is 2.21. The number of nitrogens with two attached hydrogens (primary N) is 1. The van der Waals surface area contributed by atoms with Gasteiger partial charge in [0.15, 0.2) is 28.7 Å². The molecule has 0 saturated heterocycles. The first-order chi connectivity index (χ1) is 14.8. The Balaban J connectivity index is 2.01. The number of carbonyl (C=O) groups is 1. The summed E-state index contributed by atoms with van der Waals surface area (Å²) in [6, 6.07) is 10.2. The van der Waals surface area contributed by atoms with Gasteiger partial charge in [0.1, 0.15) is 5.52 Å². The molecule has 31 heavy (non-hydrogen) atoms. The van der Waals surface area contributed by atoms with Crippen molar-refractivity contribution in [3.63, 3.8) is 0 Å². The number of aromatic amines is 1. The van der Waals surface area contributed by atoms with Gasteiger partial charge < -0.3 is 20.6 Å². The Bertz CT molecular complexity index is 1390. The van der Waals surface area contributed by atoms with Crippen LogP contribution < -0.4 is 16.2 Å². The molecule has 0 atom stereocenters. The van der Waals surface area contributed by atoms with Crippen molar-refractivity contribution in [1.82, 2.24) is 19.5 Å². The summed E-state index contributed by atoms with van der Waals surface area (Å²) in [6.07, 6.45) is 0. The Morgan fingerprint density at radius 1 is 1.16 bits per heavy atom. The number of benzene rings is 2. The molecule has 0 radical (unpaired) electrons. The Labute approximate surface area is 177 Å². The summed E-state index contributed by atoms with van der Waals surface area (Å²) in [5.41, 5.74) is 8.52. The first-order valence-electron chi connectivity index (χ1n) is 9.66. The van der Waals surface area contributed by atoms with Crippen molar-refractivity contribution in [3.8, 4) is 28.6 Å². The van der Waals surface area contributed by atoms with Gasteiger partial charge in [-0.15, -0.1) is 0 Å². The van der Waals surface area contributed by atoms with Gasteiger partial charge in [-0.2, -0.15) is 0 Å². The number of amides is 1. The van der Waals surface area contributed by atoms with Crippen LogP contribution in [0.25, 0.3) is 28.2 Å². The van der Waals surface area contributed by atoms with Crippen molar-refractivity contribution in [3.05, 3.63) is 63.7 Å². The lowest BCUT2D eigenvalue weighted by Crippen LogP contribution is -2.15. The van der Waals surface area contributed by atoms with Gasteiger partial charge in [-0.05, 0) is 62.2 Å². The van der Waals surface area contributed by atoms with Gasteiger partial charge in [0.05, 0.1) is 12.3 Å². The summed E-state index contributed by atoms with van der Waals surface area (Å²) >= 11 is 0. The van der Waals surface area contributed by atoms with Gasteiger partial charge in [0, 0.05) is 5.56 Å². The number of imidazole rings is 1. The maximum Gasteiger partial charge on any atom is 0.332 e. The van der Waals surface area contributed by atoms with Crippen LogP contribution in [0.5, 0.6) is 11.5 Å². The first-order valence-corrected chi connectivity index (χ1v) is 9.66. The van der Waals surface area contributed by atoms with Gasteiger partial charge in [0.2, 0.25) is 0 Å². The number of primary amides is 1. The number of fused-ring (bicyclic) bond motifs is 1. The Hall–Kier alpha value is -4.14. The molecule has 0 aliphatic rings. The molecule has 0 aliphatic carbocycles. The lowest BCUT2D eigenvalue weighted by Gasteiger charge is -2.10. The number of hydrogen-bond donors (Lipinski definition) is 3. The molecule has 4 rings (SSSR count). The molecule has 2 heterocycles. The van der Waals surface area contributed by atoms with Gasteiger partial charge in [-0.25, -0.2) is 19.3 Å². The Kier molecular flexibility index (Phi) is 4.94. The highest BCUT2D eigenvalue weighted by molar-refractivity contribution is 6.02. The topological polar surface area (TPSA) is 136 Å². The minimum atomic E-state index is -0.800. The summed E-state index contributed by atoms with van der Waals surface area (Å²) < 4.78 is 6.81. The lowest BCUT2D eigenvalue weighted by molar-refractivity contribution is 0.0997. The molecule has 0 spiro atoms. The molecule has 9 nitrogen and oxygen atoms in total.